The first-order valence-corrected chi connectivity index (χ1v) is 12.0. The monoisotopic (exact) mass is 499 g/mol. The highest BCUT2D eigenvalue weighted by molar-refractivity contribution is 5.80. The number of aliphatic hydroxyl groups excluding tert-OH is 3. The molecule has 11 heteroatoms. The van der Waals surface area contributed by atoms with E-state index >= 15 is 0 Å². The minimum absolute atomic E-state index is 0.0720. The van der Waals surface area contributed by atoms with Crippen LogP contribution < -0.4 is 15.0 Å². The fourth-order valence-corrected chi connectivity index (χ4v) is 4.56. The van der Waals surface area contributed by atoms with Gasteiger partial charge in [-0.1, -0.05) is 42.2 Å². The highest BCUT2D eigenvalue weighted by Crippen LogP contribution is 2.29. The maximum Gasteiger partial charge on any atom is 0.309 e. The smallest absolute Gasteiger partial charge is 0.309 e. The number of benzene rings is 1. The average molecular weight is 500 g/mol. The van der Waals surface area contributed by atoms with Crippen molar-refractivity contribution < 1.29 is 34.5 Å². The largest absolute Gasteiger partial charge is 0.876 e. The van der Waals surface area contributed by atoms with Crippen molar-refractivity contribution in [2.75, 3.05) is 11.9 Å². The SMILES string of the molecule is C=C(C)[O-].OC[C@H]1O[C@@H]([n+]2c[nH]c3c(NC4CCCC4OCc4ccccc4)ncnc32)[C@@H](O)[C@H]1O. The standard InChI is InChI=1S/C22H27N5O5.C3H6O/c28-9-16-18(29)19(30)22(32-16)27-12-25-17-20(23-11-24-21(17)27)26-14-7-4-8-15(14)31-10-13-5-2-1-3-6-13;1-3(2)4/h1-3,5-6,11-12,14-16,18-19,22,28-30H,4,7-10H2,(H,23,24,26);4H,1H2,2H3/t14?,15?,16-,18+,19+,22-;/m1./s1. The first-order chi connectivity index (χ1) is 17.4. The summed E-state index contributed by atoms with van der Waals surface area (Å²) in [4.78, 5) is 11.9. The predicted octanol–water partition coefficient (Wildman–Crippen LogP) is 0.287. The van der Waals surface area contributed by atoms with Crippen molar-refractivity contribution >= 4 is 17.0 Å². The molecular weight excluding hydrogens is 466 g/mol. The van der Waals surface area contributed by atoms with Crippen molar-refractivity contribution in [3.05, 3.63) is 60.9 Å². The molecule has 5 N–H and O–H groups in total. The Morgan fingerprint density at radius 3 is 2.69 bits per heavy atom. The summed E-state index contributed by atoms with van der Waals surface area (Å²) in [6.07, 6.45) is 2.08. The zero-order valence-electron chi connectivity index (χ0n) is 20.2. The summed E-state index contributed by atoms with van der Waals surface area (Å²) in [5.41, 5.74) is 2.34. The van der Waals surface area contributed by atoms with E-state index in [1.807, 2.05) is 18.2 Å². The number of nitrogens with zero attached hydrogens (tertiary/aromatic N) is 3. The highest BCUT2D eigenvalue weighted by Gasteiger charge is 2.46. The van der Waals surface area contributed by atoms with Gasteiger partial charge in [0.15, 0.2) is 18.5 Å². The minimum Gasteiger partial charge on any atom is -0.876 e. The lowest BCUT2D eigenvalue weighted by atomic mass is 10.1. The number of aromatic amines is 1. The Kier molecular flexibility index (Phi) is 8.49. The van der Waals surface area contributed by atoms with Crippen LogP contribution in [0.2, 0.25) is 0 Å². The number of nitrogens with one attached hydrogen (secondary N) is 2. The van der Waals surface area contributed by atoms with Gasteiger partial charge in [0.2, 0.25) is 11.7 Å². The molecule has 3 aromatic rings. The van der Waals surface area contributed by atoms with Gasteiger partial charge in [-0.15, -0.1) is 12.3 Å². The van der Waals surface area contributed by atoms with Crippen molar-refractivity contribution in [1.29, 1.82) is 0 Å². The molecular formula is C25H33N5O6. The van der Waals surface area contributed by atoms with E-state index in [4.69, 9.17) is 9.47 Å². The molecule has 3 heterocycles. The number of anilines is 1. The van der Waals surface area contributed by atoms with Crippen molar-refractivity contribution in [3.63, 3.8) is 0 Å². The number of allylic oxidation sites excluding steroid dienone is 1. The van der Waals surface area contributed by atoms with E-state index in [9.17, 15) is 20.4 Å². The number of hydrogen-bond acceptors (Lipinski definition) is 9. The lowest BCUT2D eigenvalue weighted by molar-refractivity contribution is -0.745. The molecule has 194 valence electrons. The van der Waals surface area contributed by atoms with Gasteiger partial charge in [0.25, 0.3) is 0 Å². The molecule has 1 aliphatic carbocycles. The highest BCUT2D eigenvalue weighted by atomic mass is 16.6. The third-order valence-electron chi connectivity index (χ3n) is 6.29. The summed E-state index contributed by atoms with van der Waals surface area (Å²) < 4.78 is 13.5. The van der Waals surface area contributed by atoms with Crippen LogP contribution in [0.25, 0.3) is 11.2 Å². The minimum atomic E-state index is -1.19. The molecule has 2 fully saturated rings. The van der Waals surface area contributed by atoms with Gasteiger partial charge >= 0.3 is 5.65 Å². The number of ether oxygens (including phenoxy) is 2. The fourth-order valence-electron chi connectivity index (χ4n) is 4.56. The number of aliphatic hydroxyl groups is 3. The molecule has 2 aromatic heterocycles. The number of aromatic nitrogens is 4. The van der Waals surface area contributed by atoms with Crippen molar-refractivity contribution in [2.24, 2.45) is 0 Å². The van der Waals surface area contributed by atoms with Crippen LogP contribution in [0.4, 0.5) is 5.82 Å². The molecule has 1 aromatic carbocycles. The molecule has 1 saturated carbocycles. The first kappa shape index (κ1) is 26.0. The summed E-state index contributed by atoms with van der Waals surface area (Å²) in [5.74, 6) is 0.556. The molecule has 0 bridgehead atoms. The Morgan fingerprint density at radius 1 is 1.25 bits per heavy atom. The Morgan fingerprint density at radius 2 is 2.00 bits per heavy atom. The second-order valence-electron chi connectivity index (χ2n) is 9.05. The van der Waals surface area contributed by atoms with Crippen molar-refractivity contribution in [1.82, 2.24) is 15.0 Å². The number of imidazole rings is 1. The van der Waals surface area contributed by atoms with E-state index in [0.29, 0.717) is 23.6 Å². The molecule has 0 spiro atoms. The normalized spacial score (nSPS) is 27.6. The van der Waals surface area contributed by atoms with E-state index in [0.717, 1.165) is 24.8 Å². The maximum absolute atomic E-state index is 10.4. The zero-order valence-corrected chi connectivity index (χ0v) is 20.2. The first-order valence-electron chi connectivity index (χ1n) is 12.0. The van der Waals surface area contributed by atoms with Gasteiger partial charge < -0.3 is 35.2 Å². The van der Waals surface area contributed by atoms with Gasteiger partial charge in [0, 0.05) is 0 Å². The lowest BCUT2D eigenvalue weighted by Gasteiger charge is -2.21. The molecule has 0 amide bonds. The summed E-state index contributed by atoms with van der Waals surface area (Å²) in [6, 6.07) is 10.2. The van der Waals surface area contributed by atoms with Crippen LogP contribution >= 0.6 is 0 Å². The van der Waals surface area contributed by atoms with Crippen LogP contribution in [0, 0.1) is 0 Å². The van der Waals surface area contributed by atoms with Gasteiger partial charge in [-0.25, -0.2) is 4.57 Å². The summed E-state index contributed by atoms with van der Waals surface area (Å²) in [5, 5.41) is 42.7. The summed E-state index contributed by atoms with van der Waals surface area (Å²) in [6.45, 7) is 4.60. The molecule has 5 rings (SSSR count). The van der Waals surface area contributed by atoms with Gasteiger partial charge in [0.05, 0.1) is 25.4 Å². The topological polar surface area (TPSA) is 160 Å². The van der Waals surface area contributed by atoms with Gasteiger partial charge in [-0.3, -0.25) is 4.98 Å². The van der Waals surface area contributed by atoms with E-state index in [1.54, 1.807) is 10.9 Å². The number of fused-ring (bicyclic) bond motifs is 1. The van der Waals surface area contributed by atoms with E-state index in [-0.39, 0.29) is 24.5 Å². The van der Waals surface area contributed by atoms with Crippen molar-refractivity contribution in [3.8, 4) is 0 Å². The van der Waals surface area contributed by atoms with E-state index in [1.165, 1.54) is 13.3 Å². The van der Waals surface area contributed by atoms with E-state index in [2.05, 4.69) is 39.0 Å². The fraction of sp³-hybridized carbons (Fsp3) is 0.480. The number of H-pyrrole nitrogens is 1. The number of hydrogen-bond donors (Lipinski definition) is 5. The Labute approximate surface area is 209 Å². The van der Waals surface area contributed by atoms with Gasteiger partial charge in [0.1, 0.15) is 18.3 Å². The molecule has 1 aliphatic heterocycles. The summed E-state index contributed by atoms with van der Waals surface area (Å²) >= 11 is 0. The lowest BCUT2D eigenvalue weighted by Crippen LogP contribution is -2.45. The number of rotatable bonds is 7. The van der Waals surface area contributed by atoms with Gasteiger partial charge in [-0.05, 0) is 24.8 Å². The molecule has 2 aliphatic rings. The van der Waals surface area contributed by atoms with Crippen molar-refractivity contribution in [2.45, 2.75) is 69.5 Å². The molecule has 0 radical (unpaired) electrons. The molecule has 36 heavy (non-hydrogen) atoms. The Hall–Kier alpha value is -3.09. The second-order valence-corrected chi connectivity index (χ2v) is 9.05. The third-order valence-corrected chi connectivity index (χ3v) is 6.29. The zero-order chi connectivity index (χ0) is 25.7. The molecule has 2 unspecified atom stereocenters. The predicted molar refractivity (Wildman–Crippen MR) is 128 cm³/mol. The second kappa shape index (κ2) is 11.8. The quantitative estimate of drug-likeness (QED) is 0.227. The van der Waals surface area contributed by atoms with Gasteiger partial charge in [-0.2, -0.15) is 4.98 Å². The third kappa shape index (κ3) is 5.82. The molecule has 1 saturated heterocycles. The van der Waals surface area contributed by atoms with Crippen LogP contribution in [-0.2, 0) is 16.1 Å². The van der Waals surface area contributed by atoms with Crippen LogP contribution in [-0.4, -0.2) is 67.3 Å². The van der Waals surface area contributed by atoms with E-state index < -0.39 is 24.5 Å². The van der Waals surface area contributed by atoms with Crippen LogP contribution in [0.3, 0.4) is 0 Å². The Bertz CT molecular complexity index is 1140. The summed E-state index contributed by atoms with van der Waals surface area (Å²) in [7, 11) is 0. The Balaban J connectivity index is 0.000000709. The van der Waals surface area contributed by atoms with Crippen LogP contribution in [0.5, 0.6) is 0 Å². The average Bonchev–Trinajstić information content (AvgIpc) is 3.57. The van der Waals surface area contributed by atoms with Crippen LogP contribution in [0.1, 0.15) is 38.0 Å². The molecule has 11 nitrogen and oxygen atoms in total. The molecule has 6 atom stereocenters. The van der Waals surface area contributed by atoms with Crippen LogP contribution in [0.15, 0.2) is 55.3 Å². The maximum atomic E-state index is 10.4.